The molecule has 1 atom stereocenters. The molecule has 1 aliphatic rings. The number of nitrogens with zero attached hydrogens (tertiary/aromatic N) is 4. The van der Waals surface area contributed by atoms with Crippen LogP contribution in [0, 0.1) is 20.8 Å². The molecule has 1 amide bonds. The van der Waals surface area contributed by atoms with Gasteiger partial charge in [0.1, 0.15) is 11.3 Å². The zero-order chi connectivity index (χ0) is 25.0. The Kier molecular flexibility index (Phi) is 5.36. The first-order chi connectivity index (χ1) is 16.7. The van der Waals surface area contributed by atoms with Crippen molar-refractivity contribution in [1.82, 2.24) is 14.4 Å². The lowest BCUT2D eigenvalue weighted by Gasteiger charge is -2.23. The predicted molar refractivity (Wildman–Crippen MR) is 133 cm³/mol. The van der Waals surface area contributed by atoms with Gasteiger partial charge in [-0.1, -0.05) is 47.2 Å². The summed E-state index contributed by atoms with van der Waals surface area (Å²) in [5, 5.41) is 11.8. The first kappa shape index (κ1) is 22.7. The minimum Gasteiger partial charge on any atom is -0.505 e. The summed E-state index contributed by atoms with van der Waals surface area (Å²) < 4.78 is 1.69. The zero-order valence-corrected chi connectivity index (χ0v) is 20.4. The Morgan fingerprint density at radius 1 is 1.00 bits per heavy atom. The number of fused-ring (bicyclic) bond motifs is 1. The maximum absolute atomic E-state index is 13.4. The van der Waals surface area contributed by atoms with Gasteiger partial charge in [0.05, 0.1) is 27.9 Å². The van der Waals surface area contributed by atoms with Crippen LogP contribution in [0.1, 0.15) is 50.8 Å². The lowest BCUT2D eigenvalue weighted by Crippen LogP contribution is -2.29. The molecule has 0 aliphatic carbocycles. The molecule has 0 radical (unpaired) electrons. The van der Waals surface area contributed by atoms with Crippen LogP contribution in [0.5, 0.6) is 0 Å². The van der Waals surface area contributed by atoms with Crippen molar-refractivity contribution >= 4 is 45.3 Å². The summed E-state index contributed by atoms with van der Waals surface area (Å²) in [7, 11) is 0. The molecule has 0 saturated carbocycles. The van der Waals surface area contributed by atoms with Crippen LogP contribution in [0.15, 0.2) is 54.2 Å². The number of aryl methyl sites for hydroxylation is 3. The average molecular weight is 487 g/mol. The van der Waals surface area contributed by atoms with E-state index in [1.165, 1.54) is 11.8 Å². The number of aliphatic hydroxyl groups is 1. The lowest BCUT2D eigenvalue weighted by atomic mass is 9.96. The molecular formula is C26H22N4O4S. The number of carbonyl (C=O) groups excluding carboxylic acids is 3. The van der Waals surface area contributed by atoms with E-state index in [9.17, 15) is 19.5 Å². The summed E-state index contributed by atoms with van der Waals surface area (Å²) in [5.74, 6) is -2.12. The van der Waals surface area contributed by atoms with Gasteiger partial charge in [-0.2, -0.15) is 0 Å². The summed E-state index contributed by atoms with van der Waals surface area (Å²) in [4.78, 5) is 49.5. The standard InChI is InChI=1S/C26H22N4O4S/c1-13-8-10-17(11-9-13)21-19(22(32)20-14(2)27-18-7-5-6-12-29(18)20)23(33)25(34)30(21)26-28-15(3)24(35-26)16(4)31/h5-12,21,32H,1-4H3/b22-19+. The van der Waals surface area contributed by atoms with Crippen LogP contribution in [0.4, 0.5) is 5.13 Å². The molecule has 1 aliphatic heterocycles. The number of hydrogen-bond acceptors (Lipinski definition) is 7. The Balaban J connectivity index is 1.78. The number of thiazole rings is 1. The van der Waals surface area contributed by atoms with Crippen molar-refractivity contribution < 1.29 is 19.5 Å². The quantitative estimate of drug-likeness (QED) is 0.196. The van der Waals surface area contributed by atoms with Crippen molar-refractivity contribution in [1.29, 1.82) is 0 Å². The van der Waals surface area contributed by atoms with Gasteiger partial charge in [0.25, 0.3) is 5.78 Å². The molecule has 1 N–H and O–H groups in total. The Morgan fingerprint density at radius 3 is 2.37 bits per heavy atom. The molecule has 9 heteroatoms. The van der Waals surface area contributed by atoms with Gasteiger partial charge in [-0.05, 0) is 38.5 Å². The van der Waals surface area contributed by atoms with Gasteiger partial charge in [-0.15, -0.1) is 0 Å². The van der Waals surface area contributed by atoms with E-state index in [4.69, 9.17) is 0 Å². The van der Waals surface area contributed by atoms with Gasteiger partial charge in [0.2, 0.25) is 0 Å². The van der Waals surface area contributed by atoms with Gasteiger partial charge in [-0.3, -0.25) is 23.7 Å². The van der Waals surface area contributed by atoms with Crippen molar-refractivity contribution in [3.63, 3.8) is 0 Å². The lowest BCUT2D eigenvalue weighted by molar-refractivity contribution is -0.132. The van der Waals surface area contributed by atoms with Crippen molar-refractivity contribution in [2.75, 3.05) is 4.90 Å². The van der Waals surface area contributed by atoms with E-state index in [2.05, 4.69) is 9.97 Å². The molecule has 4 aromatic rings. The third-order valence-electron chi connectivity index (χ3n) is 6.08. The average Bonchev–Trinajstić information content (AvgIpc) is 3.45. The smallest absolute Gasteiger partial charge is 0.301 e. The largest absolute Gasteiger partial charge is 0.505 e. The zero-order valence-electron chi connectivity index (χ0n) is 19.6. The molecule has 0 spiro atoms. The molecule has 4 heterocycles. The number of anilines is 1. The highest BCUT2D eigenvalue weighted by Gasteiger charge is 2.48. The topological polar surface area (TPSA) is 105 Å². The van der Waals surface area contributed by atoms with E-state index < -0.39 is 17.7 Å². The van der Waals surface area contributed by atoms with Gasteiger partial charge < -0.3 is 5.11 Å². The first-order valence-electron chi connectivity index (χ1n) is 11.0. The van der Waals surface area contributed by atoms with Gasteiger partial charge in [0, 0.05) is 13.1 Å². The van der Waals surface area contributed by atoms with Crippen LogP contribution < -0.4 is 4.90 Å². The van der Waals surface area contributed by atoms with Crippen LogP contribution in [-0.4, -0.2) is 36.9 Å². The van der Waals surface area contributed by atoms with Gasteiger partial charge in [-0.25, -0.2) is 9.97 Å². The summed E-state index contributed by atoms with van der Waals surface area (Å²) in [6.45, 7) is 6.80. The molecule has 176 valence electrons. The number of benzene rings is 1. The number of aromatic nitrogens is 3. The van der Waals surface area contributed by atoms with E-state index in [1.54, 1.807) is 36.6 Å². The summed E-state index contributed by atoms with van der Waals surface area (Å²) in [5.41, 5.74) is 3.55. The van der Waals surface area contributed by atoms with Crippen molar-refractivity contribution in [3.05, 3.63) is 87.3 Å². The second-order valence-corrected chi connectivity index (χ2v) is 9.50. The van der Waals surface area contributed by atoms with Crippen LogP contribution in [0.3, 0.4) is 0 Å². The minimum atomic E-state index is -0.922. The summed E-state index contributed by atoms with van der Waals surface area (Å²) in [6, 6.07) is 11.9. The van der Waals surface area contributed by atoms with Gasteiger partial charge >= 0.3 is 5.91 Å². The minimum absolute atomic E-state index is 0.0511. The Labute approximate surface area is 205 Å². The van der Waals surface area contributed by atoms with Gasteiger partial charge in [0.15, 0.2) is 16.7 Å². The number of aliphatic hydroxyl groups excluding tert-OH is 1. The van der Waals surface area contributed by atoms with Crippen molar-refractivity contribution in [2.24, 2.45) is 0 Å². The SMILES string of the molecule is CC(=O)c1sc(N2C(=O)C(=O)/C(=C(/O)c3c(C)nc4ccccn34)C2c2ccc(C)cc2)nc1C. The fourth-order valence-electron chi connectivity index (χ4n) is 4.43. The van der Waals surface area contributed by atoms with E-state index in [0.717, 1.165) is 16.9 Å². The van der Waals surface area contributed by atoms with Crippen molar-refractivity contribution in [3.8, 4) is 0 Å². The molecular weight excluding hydrogens is 464 g/mol. The maximum atomic E-state index is 13.4. The third-order valence-corrected chi connectivity index (χ3v) is 7.33. The van der Waals surface area contributed by atoms with E-state index in [-0.39, 0.29) is 22.2 Å². The third kappa shape index (κ3) is 3.55. The Morgan fingerprint density at radius 2 is 1.71 bits per heavy atom. The Bertz CT molecular complexity index is 1560. The van der Waals surface area contributed by atoms with Crippen LogP contribution >= 0.6 is 11.3 Å². The van der Waals surface area contributed by atoms with E-state index in [0.29, 0.717) is 33.2 Å². The molecule has 1 saturated heterocycles. The number of ketones is 2. The van der Waals surface area contributed by atoms with Crippen LogP contribution in [0.25, 0.3) is 11.4 Å². The predicted octanol–water partition coefficient (Wildman–Crippen LogP) is 4.54. The molecule has 5 rings (SSSR count). The number of Topliss-reactive ketones (excluding diaryl/α,β-unsaturated/α-hetero) is 2. The molecule has 35 heavy (non-hydrogen) atoms. The summed E-state index contributed by atoms with van der Waals surface area (Å²) >= 11 is 1.06. The monoisotopic (exact) mass is 486 g/mol. The highest BCUT2D eigenvalue weighted by atomic mass is 32.1. The van der Waals surface area contributed by atoms with E-state index in [1.807, 2.05) is 37.3 Å². The number of hydrogen-bond donors (Lipinski definition) is 1. The number of imidazole rings is 1. The number of pyridine rings is 1. The molecule has 1 fully saturated rings. The normalized spacial score (nSPS) is 17.5. The fourth-order valence-corrected chi connectivity index (χ4v) is 5.42. The van der Waals surface area contributed by atoms with Crippen molar-refractivity contribution in [2.45, 2.75) is 33.7 Å². The Hall–Kier alpha value is -4.11. The van der Waals surface area contributed by atoms with Crippen LogP contribution in [0.2, 0.25) is 0 Å². The molecule has 1 unspecified atom stereocenters. The molecule has 0 bridgehead atoms. The molecule has 1 aromatic carbocycles. The first-order valence-corrected chi connectivity index (χ1v) is 11.8. The highest BCUT2D eigenvalue weighted by molar-refractivity contribution is 7.18. The second-order valence-electron chi connectivity index (χ2n) is 8.52. The highest BCUT2D eigenvalue weighted by Crippen LogP contribution is 2.44. The number of rotatable bonds is 4. The fraction of sp³-hybridized carbons (Fsp3) is 0.192. The second kappa shape index (κ2) is 8.28. The number of carbonyl (C=O) groups is 3. The maximum Gasteiger partial charge on any atom is 0.301 e. The van der Waals surface area contributed by atoms with Crippen LogP contribution in [-0.2, 0) is 9.59 Å². The van der Waals surface area contributed by atoms with E-state index >= 15 is 0 Å². The molecule has 3 aromatic heterocycles. The summed E-state index contributed by atoms with van der Waals surface area (Å²) in [6.07, 6.45) is 1.74. The number of amides is 1. The molecule has 8 nitrogen and oxygen atoms in total.